The van der Waals surface area contributed by atoms with Gasteiger partial charge in [0.05, 0.1) is 19.8 Å². The average Bonchev–Trinajstić information content (AvgIpc) is 3.03. The molecule has 1 aliphatic heterocycles. The van der Waals surface area contributed by atoms with Crippen LogP contribution in [0.25, 0.3) is 0 Å². The van der Waals surface area contributed by atoms with E-state index in [9.17, 15) is 4.79 Å². The smallest absolute Gasteiger partial charge is 0.232 e. The summed E-state index contributed by atoms with van der Waals surface area (Å²) in [5, 5.41) is 6.77. The fourth-order valence-electron chi connectivity index (χ4n) is 2.74. The molecule has 1 aromatic heterocycles. The van der Waals surface area contributed by atoms with E-state index in [0.717, 1.165) is 5.56 Å². The number of aromatic nitrogens is 2. The Bertz CT molecular complexity index is 718. The number of nitrogens with zero attached hydrogens (tertiary/aromatic N) is 2. The molecule has 0 spiro atoms. The highest BCUT2D eigenvalue weighted by molar-refractivity contribution is 5.77. The zero-order valence-electron chi connectivity index (χ0n) is 14.3. The van der Waals surface area contributed by atoms with E-state index in [1.165, 1.54) is 5.56 Å². The summed E-state index contributed by atoms with van der Waals surface area (Å²) in [7, 11) is 0. The Labute approximate surface area is 141 Å². The number of carbonyl (C=O) groups is 1. The van der Waals surface area contributed by atoms with E-state index in [0.29, 0.717) is 31.3 Å². The summed E-state index contributed by atoms with van der Waals surface area (Å²) >= 11 is 0. The van der Waals surface area contributed by atoms with Gasteiger partial charge in [0.25, 0.3) is 0 Å². The van der Waals surface area contributed by atoms with Crippen LogP contribution in [0, 0.1) is 0 Å². The first-order valence-corrected chi connectivity index (χ1v) is 8.19. The predicted octanol–water partition coefficient (Wildman–Crippen LogP) is 2.69. The van der Waals surface area contributed by atoms with Crippen LogP contribution in [0.15, 0.2) is 28.8 Å². The third-order valence-electron chi connectivity index (χ3n) is 4.06. The summed E-state index contributed by atoms with van der Waals surface area (Å²) in [4.78, 5) is 16.6. The molecule has 0 fully saturated rings. The van der Waals surface area contributed by atoms with E-state index < -0.39 is 0 Å². The molecule has 1 aliphatic rings. The summed E-state index contributed by atoms with van der Waals surface area (Å²) in [6.45, 7) is 7.47. The summed E-state index contributed by atoms with van der Waals surface area (Å²) < 4.78 is 10.8. The van der Waals surface area contributed by atoms with E-state index in [2.05, 4.69) is 21.5 Å². The zero-order valence-corrected chi connectivity index (χ0v) is 14.3. The SMILES string of the molecule is CC(C)(C)c1nc(CNC(=O)CC2COCc3ccccc32)no1. The molecule has 0 bridgehead atoms. The zero-order chi connectivity index (χ0) is 17.2. The number of rotatable bonds is 4. The van der Waals surface area contributed by atoms with Crippen LogP contribution in [0.5, 0.6) is 0 Å². The highest BCUT2D eigenvalue weighted by Crippen LogP contribution is 2.28. The van der Waals surface area contributed by atoms with Crippen LogP contribution in [0.2, 0.25) is 0 Å². The molecule has 6 nitrogen and oxygen atoms in total. The molecule has 0 saturated heterocycles. The molecule has 1 unspecified atom stereocenters. The Balaban J connectivity index is 1.56. The number of carbonyl (C=O) groups excluding carboxylic acids is 1. The van der Waals surface area contributed by atoms with Gasteiger partial charge in [-0.3, -0.25) is 4.79 Å². The predicted molar refractivity (Wildman–Crippen MR) is 88.3 cm³/mol. The fraction of sp³-hybridized carbons (Fsp3) is 0.500. The van der Waals surface area contributed by atoms with Gasteiger partial charge >= 0.3 is 0 Å². The Morgan fingerprint density at radius 3 is 2.88 bits per heavy atom. The molecular formula is C18H23N3O3. The largest absolute Gasteiger partial charge is 0.376 e. The van der Waals surface area contributed by atoms with E-state index >= 15 is 0 Å². The standard InChI is InChI=1S/C18H23N3O3/c1-18(2,3)17-20-15(21-24-17)9-19-16(22)8-13-11-23-10-12-6-4-5-7-14(12)13/h4-7,13H,8-11H2,1-3H3,(H,19,22). The van der Waals surface area contributed by atoms with Gasteiger partial charge in [-0.2, -0.15) is 4.98 Å². The molecule has 2 heterocycles. The lowest BCUT2D eigenvalue weighted by atomic mass is 9.90. The molecule has 1 aromatic carbocycles. The van der Waals surface area contributed by atoms with Gasteiger partial charge in [-0.05, 0) is 11.1 Å². The quantitative estimate of drug-likeness (QED) is 0.933. The van der Waals surface area contributed by atoms with Crippen molar-refractivity contribution < 1.29 is 14.1 Å². The van der Waals surface area contributed by atoms with Crippen molar-refractivity contribution in [3.05, 3.63) is 47.1 Å². The molecule has 0 radical (unpaired) electrons. The maximum atomic E-state index is 12.2. The number of hydrogen-bond donors (Lipinski definition) is 1. The number of fused-ring (bicyclic) bond motifs is 1. The normalized spacial score (nSPS) is 17.4. The number of benzene rings is 1. The molecule has 128 valence electrons. The van der Waals surface area contributed by atoms with Crippen LogP contribution < -0.4 is 5.32 Å². The summed E-state index contributed by atoms with van der Waals surface area (Å²) in [6, 6.07) is 8.12. The van der Waals surface area contributed by atoms with Gasteiger partial charge in [-0.1, -0.05) is 50.2 Å². The first kappa shape index (κ1) is 16.6. The lowest BCUT2D eigenvalue weighted by Crippen LogP contribution is -2.28. The van der Waals surface area contributed by atoms with Crippen LogP contribution in [-0.2, 0) is 28.1 Å². The summed E-state index contributed by atoms with van der Waals surface area (Å²) in [6.07, 6.45) is 0.390. The van der Waals surface area contributed by atoms with E-state index in [1.54, 1.807) is 0 Å². The van der Waals surface area contributed by atoms with Gasteiger partial charge in [0, 0.05) is 17.8 Å². The van der Waals surface area contributed by atoms with Gasteiger partial charge in [-0.25, -0.2) is 0 Å². The van der Waals surface area contributed by atoms with Crippen molar-refractivity contribution in [2.75, 3.05) is 6.61 Å². The Morgan fingerprint density at radius 2 is 2.12 bits per heavy atom. The minimum Gasteiger partial charge on any atom is -0.376 e. The third-order valence-corrected chi connectivity index (χ3v) is 4.06. The lowest BCUT2D eigenvalue weighted by molar-refractivity contribution is -0.122. The van der Waals surface area contributed by atoms with Crippen LogP contribution in [0.4, 0.5) is 0 Å². The molecule has 24 heavy (non-hydrogen) atoms. The molecule has 1 atom stereocenters. The average molecular weight is 329 g/mol. The maximum Gasteiger partial charge on any atom is 0.232 e. The van der Waals surface area contributed by atoms with Gasteiger partial charge < -0.3 is 14.6 Å². The minimum atomic E-state index is -0.196. The topological polar surface area (TPSA) is 77.2 Å². The highest BCUT2D eigenvalue weighted by Gasteiger charge is 2.24. The van der Waals surface area contributed by atoms with Gasteiger partial charge in [0.15, 0.2) is 5.82 Å². The Kier molecular flexibility index (Phi) is 4.66. The summed E-state index contributed by atoms with van der Waals surface area (Å²) in [5.41, 5.74) is 2.17. The van der Waals surface area contributed by atoms with Crippen molar-refractivity contribution in [2.24, 2.45) is 0 Å². The van der Waals surface area contributed by atoms with Crippen LogP contribution in [0.1, 0.15) is 56.0 Å². The van der Waals surface area contributed by atoms with Crippen LogP contribution >= 0.6 is 0 Å². The molecule has 0 aliphatic carbocycles. The van der Waals surface area contributed by atoms with Gasteiger partial charge in [-0.15, -0.1) is 0 Å². The minimum absolute atomic E-state index is 0.0394. The monoisotopic (exact) mass is 329 g/mol. The molecule has 1 N–H and O–H groups in total. The van der Waals surface area contributed by atoms with Crippen molar-refractivity contribution in [1.82, 2.24) is 15.5 Å². The second-order valence-electron chi connectivity index (χ2n) is 7.16. The number of amides is 1. The van der Waals surface area contributed by atoms with Crippen molar-refractivity contribution in [1.29, 1.82) is 0 Å². The van der Waals surface area contributed by atoms with Crippen molar-refractivity contribution >= 4 is 5.91 Å². The summed E-state index contributed by atoms with van der Waals surface area (Å²) in [5.74, 6) is 1.11. The maximum absolute atomic E-state index is 12.2. The van der Waals surface area contributed by atoms with Crippen molar-refractivity contribution in [3.63, 3.8) is 0 Å². The number of ether oxygens (including phenoxy) is 1. The van der Waals surface area contributed by atoms with Crippen LogP contribution in [0.3, 0.4) is 0 Å². The molecule has 1 amide bonds. The van der Waals surface area contributed by atoms with Gasteiger partial charge in [0.1, 0.15) is 0 Å². The van der Waals surface area contributed by atoms with E-state index in [1.807, 2.05) is 39.0 Å². The molecule has 0 saturated carbocycles. The first-order chi connectivity index (χ1) is 11.4. The molecular weight excluding hydrogens is 306 g/mol. The van der Waals surface area contributed by atoms with E-state index in [-0.39, 0.29) is 23.8 Å². The highest BCUT2D eigenvalue weighted by atomic mass is 16.5. The van der Waals surface area contributed by atoms with Crippen molar-refractivity contribution in [2.45, 2.75) is 51.7 Å². The third kappa shape index (κ3) is 3.82. The van der Waals surface area contributed by atoms with Crippen LogP contribution in [-0.4, -0.2) is 22.7 Å². The van der Waals surface area contributed by atoms with Crippen molar-refractivity contribution in [3.8, 4) is 0 Å². The molecule has 6 heteroatoms. The second-order valence-corrected chi connectivity index (χ2v) is 7.16. The molecule has 3 rings (SSSR count). The fourth-order valence-corrected chi connectivity index (χ4v) is 2.74. The Morgan fingerprint density at radius 1 is 1.33 bits per heavy atom. The van der Waals surface area contributed by atoms with E-state index in [4.69, 9.17) is 9.26 Å². The number of nitrogens with one attached hydrogen (secondary N) is 1. The second kappa shape index (κ2) is 6.73. The lowest BCUT2D eigenvalue weighted by Gasteiger charge is -2.25. The van der Waals surface area contributed by atoms with Gasteiger partial charge in [0.2, 0.25) is 11.8 Å². The molecule has 2 aromatic rings. The first-order valence-electron chi connectivity index (χ1n) is 8.19. The number of hydrogen-bond acceptors (Lipinski definition) is 5. The Hall–Kier alpha value is -2.21.